The molecule has 0 saturated heterocycles. The molecule has 0 aliphatic rings. The van der Waals surface area contributed by atoms with Crippen LogP contribution in [0.2, 0.25) is 5.02 Å². The second-order valence-corrected chi connectivity index (χ2v) is 9.15. The Morgan fingerprint density at radius 1 is 0.973 bits per heavy atom. The van der Waals surface area contributed by atoms with Crippen LogP contribution in [0.3, 0.4) is 0 Å². The predicted molar refractivity (Wildman–Crippen MR) is 147 cm³/mol. The molecule has 4 nitrogen and oxygen atoms in total. The molecule has 5 rings (SSSR count). The molecule has 0 bridgehead atoms. The first-order chi connectivity index (χ1) is 18.0. The van der Waals surface area contributed by atoms with E-state index in [1.165, 1.54) is 12.1 Å². The lowest BCUT2D eigenvalue weighted by Crippen LogP contribution is -2.23. The number of halogens is 2. The van der Waals surface area contributed by atoms with Crippen molar-refractivity contribution in [3.8, 4) is 16.9 Å². The summed E-state index contributed by atoms with van der Waals surface area (Å²) in [5.74, 6) is -0.230. The van der Waals surface area contributed by atoms with Gasteiger partial charge in [-0.25, -0.2) is 4.39 Å². The fourth-order valence-electron chi connectivity index (χ4n) is 4.51. The van der Waals surface area contributed by atoms with Gasteiger partial charge in [0.1, 0.15) is 11.6 Å². The number of rotatable bonds is 7. The largest absolute Gasteiger partial charge is 0.496 e. The van der Waals surface area contributed by atoms with Crippen LogP contribution in [-0.4, -0.2) is 18.0 Å². The summed E-state index contributed by atoms with van der Waals surface area (Å²) in [5.41, 5.74) is 4.91. The molecule has 1 aromatic heterocycles. The first kappa shape index (κ1) is 24.5. The van der Waals surface area contributed by atoms with Crippen LogP contribution >= 0.6 is 11.6 Å². The number of methoxy groups -OCH3 is 1. The van der Waals surface area contributed by atoms with Gasteiger partial charge in [-0.1, -0.05) is 60.1 Å². The number of hydrogen-bond acceptors (Lipinski definition) is 3. The summed E-state index contributed by atoms with van der Waals surface area (Å²) in [5, 5.41) is 4.28. The van der Waals surface area contributed by atoms with Crippen LogP contribution in [0.5, 0.6) is 5.75 Å². The van der Waals surface area contributed by atoms with Crippen molar-refractivity contribution in [2.24, 2.45) is 0 Å². The number of nitrogens with one attached hydrogen (secondary N) is 1. The fraction of sp³-hybridized carbons (Fsp3) is 0.0968. The third-order valence-corrected chi connectivity index (χ3v) is 6.59. The van der Waals surface area contributed by atoms with E-state index in [4.69, 9.17) is 16.3 Å². The Labute approximate surface area is 219 Å². The lowest BCUT2D eigenvalue weighted by molar-refractivity contribution is -0.117. The minimum Gasteiger partial charge on any atom is -0.496 e. The number of ether oxygens (including phenoxy) is 1. The van der Waals surface area contributed by atoms with Gasteiger partial charge in [-0.05, 0) is 77.2 Å². The van der Waals surface area contributed by atoms with Crippen LogP contribution in [0.25, 0.3) is 22.0 Å². The molecule has 4 aromatic carbocycles. The highest BCUT2D eigenvalue weighted by atomic mass is 35.5. The van der Waals surface area contributed by atoms with Crippen molar-refractivity contribution in [3.63, 3.8) is 0 Å². The summed E-state index contributed by atoms with van der Waals surface area (Å²) < 4.78 is 19.5. The fourth-order valence-corrected chi connectivity index (χ4v) is 4.70. The van der Waals surface area contributed by atoms with Crippen LogP contribution in [0, 0.1) is 5.82 Å². The maximum Gasteiger partial charge on any atom is 0.232 e. The normalized spacial score (nSPS) is 11.8. The third-order valence-electron chi connectivity index (χ3n) is 6.35. The van der Waals surface area contributed by atoms with Gasteiger partial charge in [-0.3, -0.25) is 9.78 Å². The second kappa shape index (κ2) is 10.8. The maximum absolute atomic E-state index is 14.0. The molecule has 6 heteroatoms. The van der Waals surface area contributed by atoms with Gasteiger partial charge in [-0.2, -0.15) is 0 Å². The third kappa shape index (κ3) is 5.47. The summed E-state index contributed by atoms with van der Waals surface area (Å²) in [4.78, 5) is 17.9. The number of anilines is 1. The van der Waals surface area contributed by atoms with Gasteiger partial charge in [0.2, 0.25) is 5.91 Å². The van der Waals surface area contributed by atoms with Gasteiger partial charge >= 0.3 is 0 Å². The van der Waals surface area contributed by atoms with E-state index in [1.807, 2.05) is 54.6 Å². The van der Waals surface area contributed by atoms with Crippen molar-refractivity contribution in [3.05, 3.63) is 125 Å². The summed E-state index contributed by atoms with van der Waals surface area (Å²) in [6.45, 7) is 0. The van der Waals surface area contributed by atoms with Crippen LogP contribution in [0.1, 0.15) is 17.0 Å². The lowest BCUT2D eigenvalue weighted by Gasteiger charge is -2.19. The summed E-state index contributed by atoms with van der Waals surface area (Å²) in [6.07, 6.45) is 2.16. The molecular weight excluding hydrogens is 487 g/mol. The van der Waals surface area contributed by atoms with Gasteiger partial charge in [0, 0.05) is 22.3 Å². The highest BCUT2D eigenvalue weighted by molar-refractivity contribution is 6.30. The standard InChI is InChI=1S/C31H24ClFN2O2/c1-37-30-8-3-2-5-22(30)17-27(31(36)35-25-7-4-6-23(32)18-25)21-11-9-20(10-12-21)26-15-16-34-29-14-13-24(33)19-28(26)29/h2-16,18-19,27H,17H2,1H3,(H,35,36). The molecular formula is C31H24ClFN2O2. The Kier molecular flexibility index (Phi) is 7.15. The Hall–Kier alpha value is -4.22. The van der Waals surface area contributed by atoms with Crippen LogP contribution in [0.15, 0.2) is 103 Å². The van der Waals surface area contributed by atoms with Gasteiger partial charge in [-0.15, -0.1) is 0 Å². The molecule has 0 aliphatic heterocycles. The number of hydrogen-bond donors (Lipinski definition) is 1. The molecule has 1 N–H and O–H groups in total. The number of para-hydroxylation sites is 1. The van der Waals surface area contributed by atoms with Crippen molar-refractivity contribution in [1.29, 1.82) is 0 Å². The van der Waals surface area contributed by atoms with E-state index in [2.05, 4.69) is 10.3 Å². The molecule has 5 aromatic rings. The Bertz CT molecular complexity index is 1570. The smallest absolute Gasteiger partial charge is 0.232 e. The van der Waals surface area contributed by atoms with E-state index >= 15 is 0 Å². The maximum atomic E-state index is 14.0. The molecule has 0 radical (unpaired) electrons. The number of pyridine rings is 1. The zero-order valence-electron chi connectivity index (χ0n) is 20.1. The number of aromatic nitrogens is 1. The predicted octanol–water partition coefficient (Wildman–Crippen LogP) is 7.67. The average molecular weight is 511 g/mol. The molecule has 0 saturated carbocycles. The van der Waals surface area contributed by atoms with E-state index in [-0.39, 0.29) is 11.7 Å². The number of amides is 1. The number of fused-ring (bicyclic) bond motifs is 1. The number of benzene rings is 4. The Morgan fingerprint density at radius 2 is 1.78 bits per heavy atom. The first-order valence-electron chi connectivity index (χ1n) is 11.8. The first-order valence-corrected chi connectivity index (χ1v) is 12.2. The molecule has 1 unspecified atom stereocenters. The number of carbonyl (C=O) groups is 1. The van der Waals surface area contributed by atoms with Gasteiger partial charge in [0.15, 0.2) is 0 Å². The second-order valence-electron chi connectivity index (χ2n) is 8.71. The monoisotopic (exact) mass is 510 g/mol. The van der Waals surface area contributed by atoms with Crippen LogP contribution in [0.4, 0.5) is 10.1 Å². The SMILES string of the molecule is COc1ccccc1CC(C(=O)Nc1cccc(Cl)c1)c1ccc(-c2ccnc3ccc(F)cc23)cc1. The van der Waals surface area contributed by atoms with Crippen LogP contribution < -0.4 is 10.1 Å². The van der Waals surface area contributed by atoms with E-state index in [0.717, 1.165) is 38.9 Å². The van der Waals surface area contributed by atoms with E-state index in [1.54, 1.807) is 43.6 Å². The van der Waals surface area contributed by atoms with E-state index < -0.39 is 5.92 Å². The minimum atomic E-state index is -0.490. The van der Waals surface area contributed by atoms with E-state index in [0.29, 0.717) is 17.1 Å². The molecule has 184 valence electrons. The average Bonchev–Trinajstić information content (AvgIpc) is 2.91. The number of nitrogens with zero attached hydrogens (tertiary/aromatic N) is 1. The van der Waals surface area contributed by atoms with Crippen molar-refractivity contribution in [2.45, 2.75) is 12.3 Å². The molecule has 1 heterocycles. The molecule has 37 heavy (non-hydrogen) atoms. The highest BCUT2D eigenvalue weighted by Gasteiger charge is 2.23. The highest BCUT2D eigenvalue weighted by Crippen LogP contribution is 2.32. The summed E-state index contributed by atoms with van der Waals surface area (Å²) in [6, 6.07) is 29.0. The molecule has 1 atom stereocenters. The summed E-state index contributed by atoms with van der Waals surface area (Å²) in [7, 11) is 1.62. The molecule has 0 aliphatic carbocycles. The van der Waals surface area contributed by atoms with E-state index in [9.17, 15) is 9.18 Å². The van der Waals surface area contributed by atoms with Gasteiger partial charge in [0.05, 0.1) is 18.5 Å². The molecule has 1 amide bonds. The quantitative estimate of drug-likeness (QED) is 0.244. The lowest BCUT2D eigenvalue weighted by atomic mass is 9.89. The zero-order chi connectivity index (χ0) is 25.8. The van der Waals surface area contributed by atoms with Crippen molar-refractivity contribution >= 4 is 34.1 Å². The van der Waals surface area contributed by atoms with Crippen LogP contribution in [-0.2, 0) is 11.2 Å². The van der Waals surface area contributed by atoms with Gasteiger partial charge < -0.3 is 10.1 Å². The van der Waals surface area contributed by atoms with Gasteiger partial charge in [0.25, 0.3) is 0 Å². The zero-order valence-corrected chi connectivity index (χ0v) is 20.9. The van der Waals surface area contributed by atoms with Crippen molar-refractivity contribution in [1.82, 2.24) is 4.98 Å². The summed E-state index contributed by atoms with van der Waals surface area (Å²) >= 11 is 6.13. The molecule has 0 fully saturated rings. The Morgan fingerprint density at radius 3 is 2.57 bits per heavy atom. The number of carbonyl (C=O) groups excluding carboxylic acids is 1. The minimum absolute atomic E-state index is 0.155. The topological polar surface area (TPSA) is 51.2 Å². The molecule has 0 spiro atoms. The van der Waals surface area contributed by atoms with Crippen molar-refractivity contribution < 1.29 is 13.9 Å². The van der Waals surface area contributed by atoms with Crippen molar-refractivity contribution in [2.75, 3.05) is 12.4 Å². The Balaban J connectivity index is 1.51.